The summed E-state index contributed by atoms with van der Waals surface area (Å²) in [6.45, 7) is 7.10. The van der Waals surface area contributed by atoms with Gasteiger partial charge in [0.1, 0.15) is 0 Å². The van der Waals surface area contributed by atoms with Crippen LogP contribution in [0, 0.1) is 12.8 Å². The molecule has 15 heavy (non-hydrogen) atoms. The molecule has 0 saturated heterocycles. The van der Waals surface area contributed by atoms with E-state index < -0.39 is 0 Å². The third kappa shape index (κ3) is 3.50. The van der Waals surface area contributed by atoms with Crippen molar-refractivity contribution in [3.63, 3.8) is 0 Å². The van der Waals surface area contributed by atoms with Gasteiger partial charge < -0.3 is 11.1 Å². The number of nitrogens with two attached hydrogens (primary N) is 1. The summed E-state index contributed by atoms with van der Waals surface area (Å²) in [6, 6.07) is 6.61. The summed E-state index contributed by atoms with van der Waals surface area (Å²) >= 11 is 3.49. The maximum atomic E-state index is 5.72. The van der Waals surface area contributed by atoms with Crippen LogP contribution in [0.25, 0.3) is 0 Å². The molecule has 0 saturated carbocycles. The molecule has 0 amide bonds. The Bertz CT molecular complexity index is 323. The zero-order chi connectivity index (χ0) is 11.4. The van der Waals surface area contributed by atoms with Crippen LogP contribution in [-0.2, 0) is 0 Å². The number of rotatable bonds is 4. The topological polar surface area (TPSA) is 38.0 Å². The molecule has 0 aliphatic heterocycles. The lowest BCUT2D eigenvalue weighted by Gasteiger charge is -2.22. The van der Waals surface area contributed by atoms with Crippen LogP contribution < -0.4 is 11.1 Å². The van der Waals surface area contributed by atoms with Crippen LogP contribution in [0.15, 0.2) is 22.7 Å². The van der Waals surface area contributed by atoms with Gasteiger partial charge in [-0.1, -0.05) is 29.8 Å². The Morgan fingerprint density at radius 1 is 1.40 bits per heavy atom. The van der Waals surface area contributed by atoms with Gasteiger partial charge in [-0.2, -0.15) is 0 Å². The monoisotopic (exact) mass is 270 g/mol. The average Bonchev–Trinajstić information content (AvgIpc) is 2.19. The van der Waals surface area contributed by atoms with Gasteiger partial charge in [-0.15, -0.1) is 0 Å². The fourth-order valence-corrected chi connectivity index (χ4v) is 1.69. The smallest absolute Gasteiger partial charge is 0.0406 e. The van der Waals surface area contributed by atoms with Crippen molar-refractivity contribution in [2.24, 2.45) is 11.7 Å². The highest BCUT2D eigenvalue weighted by atomic mass is 79.9. The van der Waals surface area contributed by atoms with Gasteiger partial charge in [0.25, 0.3) is 0 Å². The molecule has 0 aliphatic carbocycles. The minimum absolute atomic E-state index is 0.338. The predicted molar refractivity (Wildman–Crippen MR) is 70.2 cm³/mol. The molecule has 2 nitrogen and oxygen atoms in total. The van der Waals surface area contributed by atoms with Crippen LogP contribution in [0.1, 0.15) is 19.4 Å². The molecule has 0 fully saturated rings. The molecule has 3 heteroatoms. The first-order chi connectivity index (χ1) is 7.04. The fourth-order valence-electron chi connectivity index (χ4n) is 1.45. The number of hydrogen-bond donors (Lipinski definition) is 2. The lowest BCUT2D eigenvalue weighted by molar-refractivity contribution is 0.531. The van der Waals surface area contributed by atoms with Crippen LogP contribution in [0.5, 0.6) is 0 Å². The number of anilines is 1. The van der Waals surface area contributed by atoms with Crippen LogP contribution in [0.2, 0.25) is 0 Å². The van der Waals surface area contributed by atoms with Crippen molar-refractivity contribution in [3.05, 3.63) is 28.2 Å². The molecule has 0 aromatic heterocycles. The van der Waals surface area contributed by atoms with Crippen molar-refractivity contribution < 1.29 is 0 Å². The molecule has 0 spiro atoms. The summed E-state index contributed by atoms with van der Waals surface area (Å²) in [4.78, 5) is 0. The summed E-state index contributed by atoms with van der Waals surface area (Å²) in [7, 11) is 0. The number of benzene rings is 1. The molecule has 1 rings (SSSR count). The molecule has 1 aromatic carbocycles. The minimum atomic E-state index is 0.338. The predicted octanol–water partition coefficient (Wildman–Crippen LogP) is 3.15. The average molecular weight is 271 g/mol. The summed E-state index contributed by atoms with van der Waals surface area (Å²) in [6.07, 6.45) is 0. The zero-order valence-corrected chi connectivity index (χ0v) is 11.1. The third-order valence-corrected chi connectivity index (χ3v) is 3.46. The van der Waals surface area contributed by atoms with E-state index in [1.165, 1.54) is 5.56 Å². The van der Waals surface area contributed by atoms with Gasteiger partial charge in [0, 0.05) is 22.7 Å². The van der Waals surface area contributed by atoms with Crippen molar-refractivity contribution in [2.75, 3.05) is 11.9 Å². The second-order valence-electron chi connectivity index (χ2n) is 4.19. The molecule has 0 heterocycles. The zero-order valence-electron chi connectivity index (χ0n) is 9.55. The quantitative estimate of drug-likeness (QED) is 0.882. The number of aryl methyl sites for hydroxylation is 1. The fraction of sp³-hybridized carbons (Fsp3) is 0.500. The molecule has 3 N–H and O–H groups in total. The summed E-state index contributed by atoms with van der Waals surface area (Å²) in [5, 5.41) is 3.45. The van der Waals surface area contributed by atoms with Gasteiger partial charge in [0.15, 0.2) is 0 Å². The van der Waals surface area contributed by atoms with E-state index in [2.05, 4.69) is 60.2 Å². The van der Waals surface area contributed by atoms with Crippen molar-refractivity contribution in [1.82, 2.24) is 0 Å². The van der Waals surface area contributed by atoms with E-state index in [-0.39, 0.29) is 0 Å². The highest BCUT2D eigenvalue weighted by Gasteiger charge is 2.10. The lowest BCUT2D eigenvalue weighted by atomic mass is 10.0. The SMILES string of the molecule is Cc1cc(NC(CN)C(C)C)ccc1Br. The number of halogens is 1. The Morgan fingerprint density at radius 3 is 2.53 bits per heavy atom. The second kappa shape index (κ2) is 5.52. The molecule has 1 atom stereocenters. The molecule has 0 radical (unpaired) electrons. The Hall–Kier alpha value is -0.540. The van der Waals surface area contributed by atoms with E-state index in [1.54, 1.807) is 0 Å². The van der Waals surface area contributed by atoms with Gasteiger partial charge >= 0.3 is 0 Å². The molecule has 84 valence electrons. The maximum Gasteiger partial charge on any atom is 0.0406 e. The molecule has 1 unspecified atom stereocenters. The lowest BCUT2D eigenvalue weighted by Crippen LogP contribution is -2.33. The van der Waals surface area contributed by atoms with Gasteiger partial charge in [0.2, 0.25) is 0 Å². The maximum absolute atomic E-state index is 5.72. The van der Waals surface area contributed by atoms with Crippen LogP contribution in [0.3, 0.4) is 0 Å². The Labute approximate surface area is 100 Å². The Morgan fingerprint density at radius 2 is 2.07 bits per heavy atom. The van der Waals surface area contributed by atoms with Crippen molar-refractivity contribution in [2.45, 2.75) is 26.8 Å². The van der Waals surface area contributed by atoms with E-state index in [4.69, 9.17) is 5.73 Å². The van der Waals surface area contributed by atoms with Crippen LogP contribution >= 0.6 is 15.9 Å². The van der Waals surface area contributed by atoms with E-state index in [1.807, 2.05) is 0 Å². The van der Waals surface area contributed by atoms with Gasteiger partial charge in [-0.05, 0) is 36.6 Å². The van der Waals surface area contributed by atoms with E-state index in [0.29, 0.717) is 18.5 Å². The molecule has 0 aliphatic rings. The van der Waals surface area contributed by atoms with Gasteiger partial charge in [-0.25, -0.2) is 0 Å². The van der Waals surface area contributed by atoms with Gasteiger partial charge in [0.05, 0.1) is 0 Å². The third-order valence-electron chi connectivity index (χ3n) is 2.57. The molecular formula is C12H19BrN2. The van der Waals surface area contributed by atoms with Crippen molar-refractivity contribution in [3.8, 4) is 0 Å². The minimum Gasteiger partial charge on any atom is -0.381 e. The molecule has 0 bridgehead atoms. The summed E-state index contributed by atoms with van der Waals surface area (Å²) in [5.41, 5.74) is 8.09. The van der Waals surface area contributed by atoms with Crippen LogP contribution in [0.4, 0.5) is 5.69 Å². The van der Waals surface area contributed by atoms with E-state index in [0.717, 1.165) is 10.2 Å². The number of nitrogens with one attached hydrogen (secondary N) is 1. The standard InChI is InChI=1S/C12H19BrN2/c1-8(2)12(7-14)15-10-4-5-11(13)9(3)6-10/h4-6,8,12,15H,7,14H2,1-3H3. The molecular weight excluding hydrogens is 252 g/mol. The molecule has 1 aromatic rings. The first kappa shape index (κ1) is 12.5. The van der Waals surface area contributed by atoms with E-state index >= 15 is 0 Å². The number of hydrogen-bond acceptors (Lipinski definition) is 2. The van der Waals surface area contributed by atoms with Gasteiger partial charge in [-0.3, -0.25) is 0 Å². The first-order valence-corrected chi connectivity index (χ1v) is 6.06. The Kier molecular flexibility index (Phi) is 4.61. The largest absolute Gasteiger partial charge is 0.381 e. The highest BCUT2D eigenvalue weighted by molar-refractivity contribution is 9.10. The van der Waals surface area contributed by atoms with Crippen molar-refractivity contribution >= 4 is 21.6 Å². The Balaban J connectivity index is 2.75. The highest BCUT2D eigenvalue weighted by Crippen LogP contribution is 2.21. The summed E-state index contributed by atoms with van der Waals surface area (Å²) in [5.74, 6) is 0.541. The summed E-state index contributed by atoms with van der Waals surface area (Å²) < 4.78 is 1.14. The van der Waals surface area contributed by atoms with Crippen LogP contribution in [-0.4, -0.2) is 12.6 Å². The second-order valence-corrected chi connectivity index (χ2v) is 5.05. The normalized spacial score (nSPS) is 12.9. The first-order valence-electron chi connectivity index (χ1n) is 5.27. The van der Waals surface area contributed by atoms with Crippen molar-refractivity contribution in [1.29, 1.82) is 0 Å². The van der Waals surface area contributed by atoms with E-state index in [9.17, 15) is 0 Å².